The van der Waals surface area contributed by atoms with Crippen LogP contribution >= 0.6 is 0 Å². The van der Waals surface area contributed by atoms with Crippen LogP contribution in [0.5, 0.6) is 0 Å². The maximum Gasteiger partial charge on any atom is 0.223 e. The summed E-state index contributed by atoms with van der Waals surface area (Å²) in [6.45, 7) is 7.09. The van der Waals surface area contributed by atoms with Gasteiger partial charge in [0.05, 0.1) is 12.1 Å². The van der Waals surface area contributed by atoms with E-state index in [1.54, 1.807) is 0 Å². The first kappa shape index (κ1) is 14.6. The first-order chi connectivity index (χ1) is 9.96. The number of nitrogens with zero attached hydrogens (tertiary/aromatic N) is 1. The van der Waals surface area contributed by atoms with Gasteiger partial charge in [0.1, 0.15) is 0 Å². The highest BCUT2D eigenvalue weighted by Gasteiger charge is 2.49. The Balaban J connectivity index is 2.06. The number of hydrogen-bond acceptors (Lipinski definition) is 2. The average Bonchev–Trinajstić information content (AvgIpc) is 2.67. The van der Waals surface area contributed by atoms with Gasteiger partial charge in [-0.05, 0) is 36.0 Å². The van der Waals surface area contributed by atoms with E-state index in [9.17, 15) is 9.90 Å². The fourth-order valence-electron chi connectivity index (χ4n) is 3.82. The molecule has 21 heavy (non-hydrogen) atoms. The Kier molecular flexibility index (Phi) is 3.56. The number of amides is 1. The lowest BCUT2D eigenvalue weighted by Crippen LogP contribution is -2.44. The van der Waals surface area contributed by atoms with Crippen LogP contribution in [0.25, 0.3) is 0 Å². The summed E-state index contributed by atoms with van der Waals surface area (Å²) in [6.07, 6.45) is 3.10. The van der Waals surface area contributed by atoms with Crippen molar-refractivity contribution in [3.8, 4) is 0 Å². The maximum atomic E-state index is 12.3. The molecular weight excluding hydrogens is 262 g/mol. The Morgan fingerprint density at radius 2 is 2.10 bits per heavy atom. The Hall–Kier alpha value is -1.35. The molecule has 1 heterocycles. The van der Waals surface area contributed by atoms with Crippen LogP contribution in [0.2, 0.25) is 0 Å². The fraction of sp³-hybridized carbons (Fsp3) is 0.611. The number of aryl methyl sites for hydroxylation is 1. The molecule has 0 bridgehead atoms. The molecule has 3 heteroatoms. The minimum atomic E-state index is -0.526. The minimum Gasteiger partial charge on any atom is -0.390 e. The topological polar surface area (TPSA) is 40.5 Å². The van der Waals surface area contributed by atoms with Gasteiger partial charge in [0, 0.05) is 18.4 Å². The lowest BCUT2D eigenvalue weighted by Gasteiger charge is -2.37. The number of piperidine rings is 1. The molecule has 1 aliphatic heterocycles. The van der Waals surface area contributed by atoms with Crippen molar-refractivity contribution < 1.29 is 9.90 Å². The standard InChI is InChI=1S/C18H25NO2/c1-4-12-8-9-13-14(11-12)18(2,3)17(21)16(13)19-10-6-5-7-15(19)20/h8-9,11,16-17,21H,4-7,10H2,1-3H3/t16-,17+/m0/s1. The summed E-state index contributed by atoms with van der Waals surface area (Å²) in [6, 6.07) is 6.30. The Labute approximate surface area is 127 Å². The normalized spacial score (nSPS) is 27.8. The maximum absolute atomic E-state index is 12.3. The van der Waals surface area contributed by atoms with E-state index in [4.69, 9.17) is 0 Å². The molecule has 1 saturated heterocycles. The lowest BCUT2D eigenvalue weighted by atomic mass is 9.83. The van der Waals surface area contributed by atoms with Crippen LogP contribution < -0.4 is 0 Å². The molecule has 0 spiro atoms. The summed E-state index contributed by atoms with van der Waals surface area (Å²) in [7, 11) is 0. The van der Waals surface area contributed by atoms with Crippen molar-refractivity contribution in [3.05, 3.63) is 34.9 Å². The average molecular weight is 287 g/mol. The second-order valence-corrected chi connectivity index (χ2v) is 6.93. The van der Waals surface area contributed by atoms with E-state index in [0.29, 0.717) is 6.42 Å². The molecule has 2 atom stereocenters. The highest BCUT2D eigenvalue weighted by atomic mass is 16.3. The molecule has 3 rings (SSSR count). The van der Waals surface area contributed by atoms with E-state index in [-0.39, 0.29) is 17.4 Å². The van der Waals surface area contributed by atoms with Gasteiger partial charge in [-0.2, -0.15) is 0 Å². The molecule has 0 radical (unpaired) electrons. The number of benzene rings is 1. The molecule has 1 aromatic rings. The van der Waals surface area contributed by atoms with E-state index in [1.807, 2.05) is 4.90 Å². The van der Waals surface area contributed by atoms with Crippen molar-refractivity contribution in [2.45, 2.75) is 64.0 Å². The first-order valence-corrected chi connectivity index (χ1v) is 8.07. The largest absolute Gasteiger partial charge is 0.390 e. The number of likely N-dealkylation sites (tertiary alicyclic amines) is 1. The van der Waals surface area contributed by atoms with Gasteiger partial charge in [0.25, 0.3) is 0 Å². The van der Waals surface area contributed by atoms with Crippen LogP contribution in [0.4, 0.5) is 0 Å². The molecule has 2 aliphatic rings. The highest BCUT2D eigenvalue weighted by molar-refractivity contribution is 5.78. The zero-order valence-corrected chi connectivity index (χ0v) is 13.2. The van der Waals surface area contributed by atoms with Gasteiger partial charge in [-0.25, -0.2) is 0 Å². The van der Waals surface area contributed by atoms with Crippen LogP contribution in [-0.4, -0.2) is 28.6 Å². The lowest BCUT2D eigenvalue weighted by molar-refractivity contribution is -0.139. The Morgan fingerprint density at radius 1 is 1.33 bits per heavy atom. The van der Waals surface area contributed by atoms with Crippen LogP contribution in [0.15, 0.2) is 18.2 Å². The fourth-order valence-corrected chi connectivity index (χ4v) is 3.82. The quantitative estimate of drug-likeness (QED) is 0.908. The SMILES string of the molecule is CCc1ccc2c(c1)C(C)(C)[C@H](O)[C@H]2N1CCCCC1=O. The van der Waals surface area contributed by atoms with Crippen LogP contribution in [0.1, 0.15) is 62.8 Å². The molecule has 0 saturated carbocycles. The van der Waals surface area contributed by atoms with Crippen LogP contribution in [0, 0.1) is 0 Å². The third-order valence-electron chi connectivity index (χ3n) is 5.27. The van der Waals surface area contributed by atoms with Gasteiger partial charge >= 0.3 is 0 Å². The molecule has 114 valence electrons. The van der Waals surface area contributed by atoms with E-state index in [0.717, 1.165) is 31.4 Å². The molecular formula is C18H25NO2. The van der Waals surface area contributed by atoms with Crippen molar-refractivity contribution in [2.24, 2.45) is 0 Å². The van der Waals surface area contributed by atoms with Crippen molar-refractivity contribution in [3.63, 3.8) is 0 Å². The van der Waals surface area contributed by atoms with Crippen molar-refractivity contribution in [2.75, 3.05) is 6.54 Å². The molecule has 3 nitrogen and oxygen atoms in total. The molecule has 0 aromatic heterocycles. The number of fused-ring (bicyclic) bond motifs is 1. The van der Waals surface area contributed by atoms with Gasteiger partial charge in [-0.3, -0.25) is 4.79 Å². The molecule has 1 aliphatic carbocycles. The smallest absolute Gasteiger partial charge is 0.223 e. The minimum absolute atomic E-state index is 0.172. The summed E-state index contributed by atoms with van der Waals surface area (Å²) in [5.74, 6) is 0.188. The second kappa shape index (κ2) is 5.13. The predicted octanol–water partition coefficient (Wildman–Crippen LogP) is 2.95. The Morgan fingerprint density at radius 3 is 2.76 bits per heavy atom. The Bertz CT molecular complexity index is 564. The van der Waals surface area contributed by atoms with Gasteiger partial charge < -0.3 is 10.0 Å². The van der Waals surface area contributed by atoms with Gasteiger partial charge in [-0.15, -0.1) is 0 Å². The van der Waals surface area contributed by atoms with Crippen LogP contribution in [0.3, 0.4) is 0 Å². The van der Waals surface area contributed by atoms with Crippen molar-refractivity contribution in [1.82, 2.24) is 4.90 Å². The molecule has 1 amide bonds. The predicted molar refractivity (Wildman–Crippen MR) is 83.2 cm³/mol. The molecule has 1 aromatic carbocycles. The van der Waals surface area contributed by atoms with E-state index < -0.39 is 6.10 Å². The van der Waals surface area contributed by atoms with E-state index >= 15 is 0 Å². The number of hydrogen-bond donors (Lipinski definition) is 1. The van der Waals surface area contributed by atoms with Gasteiger partial charge in [0.15, 0.2) is 0 Å². The number of rotatable bonds is 2. The molecule has 1 N–H and O–H groups in total. The number of aliphatic hydroxyl groups excluding tert-OH is 1. The number of aliphatic hydroxyl groups is 1. The van der Waals surface area contributed by atoms with Crippen molar-refractivity contribution >= 4 is 5.91 Å². The van der Waals surface area contributed by atoms with Gasteiger partial charge in [0.2, 0.25) is 5.91 Å². The van der Waals surface area contributed by atoms with E-state index in [2.05, 4.69) is 39.0 Å². The van der Waals surface area contributed by atoms with Crippen molar-refractivity contribution in [1.29, 1.82) is 0 Å². The molecule has 0 unspecified atom stereocenters. The monoisotopic (exact) mass is 287 g/mol. The first-order valence-electron chi connectivity index (χ1n) is 8.07. The van der Waals surface area contributed by atoms with E-state index in [1.165, 1.54) is 11.1 Å². The summed E-state index contributed by atoms with van der Waals surface area (Å²) >= 11 is 0. The summed E-state index contributed by atoms with van der Waals surface area (Å²) < 4.78 is 0. The summed E-state index contributed by atoms with van der Waals surface area (Å²) in [5.41, 5.74) is 3.33. The number of carbonyl (C=O) groups excluding carboxylic acids is 1. The zero-order chi connectivity index (χ0) is 15.2. The summed E-state index contributed by atoms with van der Waals surface area (Å²) in [4.78, 5) is 14.2. The molecule has 1 fully saturated rings. The third kappa shape index (κ3) is 2.18. The third-order valence-corrected chi connectivity index (χ3v) is 5.27. The number of carbonyl (C=O) groups is 1. The summed E-state index contributed by atoms with van der Waals surface area (Å²) in [5, 5.41) is 10.9. The zero-order valence-electron chi connectivity index (χ0n) is 13.2. The van der Waals surface area contributed by atoms with Crippen LogP contribution in [-0.2, 0) is 16.6 Å². The highest BCUT2D eigenvalue weighted by Crippen LogP contribution is 2.48. The second-order valence-electron chi connectivity index (χ2n) is 6.93. The van der Waals surface area contributed by atoms with Gasteiger partial charge in [-0.1, -0.05) is 39.0 Å².